The Hall–Kier alpha value is -0.690. The minimum Gasteiger partial charge on any atom is -0.480 e. The Labute approximate surface area is 109 Å². The van der Waals surface area contributed by atoms with Crippen molar-refractivity contribution in [1.82, 2.24) is 20.9 Å². The lowest BCUT2D eigenvalue weighted by Crippen LogP contribution is -2.48. The van der Waals surface area contributed by atoms with Gasteiger partial charge in [-0.2, -0.15) is 0 Å². The van der Waals surface area contributed by atoms with Gasteiger partial charge in [-0.25, -0.2) is 0 Å². The Morgan fingerprint density at radius 2 is 1.50 bits per heavy atom. The van der Waals surface area contributed by atoms with E-state index >= 15 is 0 Å². The van der Waals surface area contributed by atoms with Gasteiger partial charge in [0.25, 0.3) is 0 Å². The number of carbonyl (C=O) groups is 1. The maximum absolute atomic E-state index is 11.2. The van der Waals surface area contributed by atoms with E-state index < -0.39 is 5.97 Å². The standard InChI is InChI=1S/C12H26N4O2/c1-2-11(12(17)18)16-9-7-14-5-3-13-4-6-15-8-10-16/h11,13-15H,2-10H2,1H3,(H,17,18). The van der Waals surface area contributed by atoms with Gasteiger partial charge in [0.1, 0.15) is 6.04 Å². The number of nitrogens with zero attached hydrogens (tertiary/aromatic N) is 1. The molecule has 106 valence electrons. The highest BCUT2D eigenvalue weighted by atomic mass is 16.4. The summed E-state index contributed by atoms with van der Waals surface area (Å²) < 4.78 is 0. The van der Waals surface area contributed by atoms with E-state index in [2.05, 4.69) is 20.9 Å². The second kappa shape index (κ2) is 9.27. The molecule has 1 aliphatic heterocycles. The number of carboxylic acids is 1. The molecular formula is C12H26N4O2. The molecule has 1 atom stereocenters. The molecule has 6 heteroatoms. The fraction of sp³-hybridized carbons (Fsp3) is 0.917. The molecule has 1 fully saturated rings. The number of carboxylic acid groups (broad SMARTS) is 1. The van der Waals surface area contributed by atoms with Crippen molar-refractivity contribution < 1.29 is 9.90 Å². The normalized spacial score (nSPS) is 22.7. The van der Waals surface area contributed by atoms with Gasteiger partial charge in [-0.3, -0.25) is 9.69 Å². The molecule has 0 amide bonds. The number of rotatable bonds is 3. The van der Waals surface area contributed by atoms with Crippen LogP contribution >= 0.6 is 0 Å². The summed E-state index contributed by atoms with van der Waals surface area (Å²) in [6, 6.07) is -0.366. The van der Waals surface area contributed by atoms with Gasteiger partial charge in [0.05, 0.1) is 0 Å². The predicted molar refractivity (Wildman–Crippen MR) is 71.9 cm³/mol. The van der Waals surface area contributed by atoms with Crippen LogP contribution in [0.3, 0.4) is 0 Å². The average Bonchev–Trinajstić information content (AvgIpc) is 2.32. The van der Waals surface area contributed by atoms with Gasteiger partial charge in [-0.05, 0) is 6.42 Å². The first-order chi connectivity index (χ1) is 8.75. The summed E-state index contributed by atoms with van der Waals surface area (Å²) in [6.07, 6.45) is 0.650. The third-order valence-corrected chi connectivity index (χ3v) is 3.22. The number of nitrogens with one attached hydrogen (secondary N) is 3. The van der Waals surface area contributed by atoms with E-state index in [-0.39, 0.29) is 6.04 Å². The van der Waals surface area contributed by atoms with Crippen LogP contribution in [0.2, 0.25) is 0 Å². The van der Waals surface area contributed by atoms with Crippen molar-refractivity contribution in [3.63, 3.8) is 0 Å². The van der Waals surface area contributed by atoms with Crippen molar-refractivity contribution in [2.75, 3.05) is 52.4 Å². The first-order valence-electron chi connectivity index (χ1n) is 6.84. The van der Waals surface area contributed by atoms with E-state index in [1.807, 2.05) is 6.92 Å². The summed E-state index contributed by atoms with van der Waals surface area (Å²) in [5, 5.41) is 19.2. The lowest BCUT2D eigenvalue weighted by Gasteiger charge is -2.28. The molecule has 18 heavy (non-hydrogen) atoms. The van der Waals surface area contributed by atoms with E-state index in [1.165, 1.54) is 0 Å². The van der Waals surface area contributed by atoms with Crippen molar-refractivity contribution in [2.45, 2.75) is 19.4 Å². The Morgan fingerprint density at radius 1 is 1.06 bits per heavy atom. The van der Waals surface area contributed by atoms with Crippen molar-refractivity contribution in [1.29, 1.82) is 0 Å². The third-order valence-electron chi connectivity index (χ3n) is 3.22. The van der Waals surface area contributed by atoms with Crippen LogP contribution in [0, 0.1) is 0 Å². The first-order valence-corrected chi connectivity index (χ1v) is 6.84. The summed E-state index contributed by atoms with van der Waals surface area (Å²) in [6.45, 7) is 8.95. The Balaban J connectivity index is 2.47. The smallest absolute Gasteiger partial charge is 0.320 e. The van der Waals surface area contributed by atoms with Gasteiger partial charge in [0.2, 0.25) is 0 Å². The van der Waals surface area contributed by atoms with Crippen molar-refractivity contribution in [3.05, 3.63) is 0 Å². The number of aliphatic carboxylic acids is 1. The predicted octanol–water partition coefficient (Wildman–Crippen LogP) is -1.07. The zero-order valence-corrected chi connectivity index (χ0v) is 11.2. The first kappa shape index (κ1) is 15.4. The molecule has 1 rings (SSSR count). The molecule has 6 nitrogen and oxygen atoms in total. The molecule has 1 saturated heterocycles. The average molecular weight is 258 g/mol. The molecule has 0 radical (unpaired) electrons. The van der Waals surface area contributed by atoms with Crippen LogP contribution in [0.5, 0.6) is 0 Å². The molecule has 0 bridgehead atoms. The van der Waals surface area contributed by atoms with Crippen LogP contribution in [0.25, 0.3) is 0 Å². The van der Waals surface area contributed by atoms with E-state index in [0.717, 1.165) is 52.4 Å². The molecule has 1 heterocycles. The van der Waals surface area contributed by atoms with Gasteiger partial charge in [-0.15, -0.1) is 0 Å². The zero-order chi connectivity index (χ0) is 13.2. The molecule has 1 unspecified atom stereocenters. The Kier molecular flexibility index (Phi) is 7.91. The van der Waals surface area contributed by atoms with Gasteiger partial charge >= 0.3 is 5.97 Å². The second-order valence-corrected chi connectivity index (χ2v) is 4.55. The van der Waals surface area contributed by atoms with Crippen molar-refractivity contribution in [3.8, 4) is 0 Å². The lowest BCUT2D eigenvalue weighted by molar-refractivity contribution is -0.143. The molecular weight excluding hydrogens is 232 g/mol. The SMILES string of the molecule is CCC(C(=O)O)N1CCNCCNCCNCC1. The molecule has 0 spiro atoms. The Bertz CT molecular complexity index is 226. The minimum atomic E-state index is -0.716. The van der Waals surface area contributed by atoms with Gasteiger partial charge in [0.15, 0.2) is 0 Å². The summed E-state index contributed by atoms with van der Waals surface area (Å²) in [5.41, 5.74) is 0. The fourth-order valence-corrected chi connectivity index (χ4v) is 2.19. The van der Waals surface area contributed by atoms with E-state index in [0.29, 0.717) is 6.42 Å². The molecule has 4 N–H and O–H groups in total. The van der Waals surface area contributed by atoms with Crippen LogP contribution in [-0.2, 0) is 4.79 Å². The van der Waals surface area contributed by atoms with Crippen molar-refractivity contribution in [2.24, 2.45) is 0 Å². The summed E-state index contributed by atoms with van der Waals surface area (Å²) >= 11 is 0. The molecule has 1 aliphatic rings. The Morgan fingerprint density at radius 3 is 1.89 bits per heavy atom. The van der Waals surface area contributed by atoms with Crippen LogP contribution in [0.4, 0.5) is 0 Å². The van der Waals surface area contributed by atoms with E-state index in [9.17, 15) is 9.90 Å². The summed E-state index contributed by atoms with van der Waals surface area (Å²) in [5.74, 6) is -0.716. The lowest BCUT2D eigenvalue weighted by atomic mass is 10.2. The fourth-order valence-electron chi connectivity index (χ4n) is 2.19. The highest BCUT2D eigenvalue weighted by Gasteiger charge is 2.22. The highest BCUT2D eigenvalue weighted by molar-refractivity contribution is 5.73. The van der Waals surface area contributed by atoms with Gasteiger partial charge < -0.3 is 21.1 Å². The molecule has 0 saturated carbocycles. The maximum Gasteiger partial charge on any atom is 0.320 e. The van der Waals surface area contributed by atoms with E-state index in [4.69, 9.17) is 0 Å². The zero-order valence-electron chi connectivity index (χ0n) is 11.2. The van der Waals surface area contributed by atoms with Crippen LogP contribution in [0.15, 0.2) is 0 Å². The summed E-state index contributed by atoms with van der Waals surface area (Å²) in [7, 11) is 0. The monoisotopic (exact) mass is 258 g/mol. The molecule has 0 aromatic heterocycles. The molecule has 0 aliphatic carbocycles. The summed E-state index contributed by atoms with van der Waals surface area (Å²) in [4.78, 5) is 13.3. The third kappa shape index (κ3) is 5.77. The molecule has 0 aromatic carbocycles. The topological polar surface area (TPSA) is 76.6 Å². The molecule has 0 aromatic rings. The van der Waals surface area contributed by atoms with E-state index in [1.54, 1.807) is 0 Å². The number of hydrogen-bond donors (Lipinski definition) is 4. The van der Waals surface area contributed by atoms with Gasteiger partial charge in [0, 0.05) is 52.4 Å². The van der Waals surface area contributed by atoms with Crippen LogP contribution < -0.4 is 16.0 Å². The van der Waals surface area contributed by atoms with Crippen LogP contribution in [0.1, 0.15) is 13.3 Å². The second-order valence-electron chi connectivity index (χ2n) is 4.55. The quantitative estimate of drug-likeness (QED) is 0.517. The maximum atomic E-state index is 11.2. The largest absolute Gasteiger partial charge is 0.480 e. The van der Waals surface area contributed by atoms with Gasteiger partial charge in [-0.1, -0.05) is 6.92 Å². The number of hydrogen-bond acceptors (Lipinski definition) is 5. The highest BCUT2D eigenvalue weighted by Crippen LogP contribution is 2.03. The van der Waals surface area contributed by atoms with Crippen LogP contribution in [-0.4, -0.2) is 74.4 Å². The van der Waals surface area contributed by atoms with Crippen molar-refractivity contribution >= 4 is 5.97 Å². The minimum absolute atomic E-state index is 0.366.